The van der Waals surface area contributed by atoms with Gasteiger partial charge in [0.25, 0.3) is 10.0 Å². The van der Waals surface area contributed by atoms with E-state index in [1.807, 2.05) is 4.72 Å². The SMILES string of the molecule is CC(C)C(=O)NS(=O)(=O)c1cccnc1. The van der Waals surface area contributed by atoms with Crippen LogP contribution in [-0.2, 0) is 14.8 Å². The molecule has 0 bridgehead atoms. The molecule has 82 valence electrons. The molecule has 0 aliphatic carbocycles. The fraction of sp³-hybridized carbons (Fsp3) is 0.333. The first-order valence-corrected chi connectivity index (χ1v) is 5.88. The van der Waals surface area contributed by atoms with Crippen LogP contribution >= 0.6 is 0 Å². The van der Waals surface area contributed by atoms with Crippen molar-refractivity contribution in [2.45, 2.75) is 18.7 Å². The van der Waals surface area contributed by atoms with Crippen molar-refractivity contribution in [1.29, 1.82) is 0 Å². The number of hydrogen-bond donors (Lipinski definition) is 1. The lowest BCUT2D eigenvalue weighted by molar-refractivity contribution is -0.122. The summed E-state index contributed by atoms with van der Waals surface area (Å²) in [5.41, 5.74) is 0. The number of carbonyl (C=O) groups excluding carboxylic acids is 1. The van der Waals surface area contributed by atoms with Crippen molar-refractivity contribution in [3.8, 4) is 0 Å². The van der Waals surface area contributed by atoms with Crippen LogP contribution < -0.4 is 4.72 Å². The molecule has 5 nitrogen and oxygen atoms in total. The molecule has 1 rings (SSSR count). The Labute approximate surface area is 88.6 Å². The van der Waals surface area contributed by atoms with E-state index in [-0.39, 0.29) is 10.8 Å². The van der Waals surface area contributed by atoms with Crippen molar-refractivity contribution >= 4 is 15.9 Å². The average Bonchev–Trinajstić information content (AvgIpc) is 2.18. The summed E-state index contributed by atoms with van der Waals surface area (Å²) in [5, 5.41) is 0. The second-order valence-corrected chi connectivity index (χ2v) is 5.00. The number of nitrogens with one attached hydrogen (secondary N) is 1. The minimum Gasteiger partial charge on any atom is -0.274 e. The summed E-state index contributed by atoms with van der Waals surface area (Å²) >= 11 is 0. The topological polar surface area (TPSA) is 76.1 Å². The second kappa shape index (κ2) is 4.39. The molecule has 0 spiro atoms. The first kappa shape index (κ1) is 11.6. The molecule has 1 amide bonds. The Morgan fingerprint density at radius 1 is 1.47 bits per heavy atom. The van der Waals surface area contributed by atoms with Gasteiger partial charge in [-0.25, -0.2) is 13.1 Å². The fourth-order valence-electron chi connectivity index (χ4n) is 0.815. The Hall–Kier alpha value is -1.43. The zero-order valence-corrected chi connectivity index (χ0v) is 9.28. The number of sulfonamides is 1. The van der Waals surface area contributed by atoms with Crippen LogP contribution in [0.25, 0.3) is 0 Å². The van der Waals surface area contributed by atoms with Crippen molar-refractivity contribution in [2.75, 3.05) is 0 Å². The van der Waals surface area contributed by atoms with Gasteiger partial charge in [0.1, 0.15) is 4.90 Å². The van der Waals surface area contributed by atoms with Gasteiger partial charge in [-0.3, -0.25) is 9.78 Å². The van der Waals surface area contributed by atoms with Crippen LogP contribution in [0.5, 0.6) is 0 Å². The zero-order valence-electron chi connectivity index (χ0n) is 8.47. The number of hydrogen-bond acceptors (Lipinski definition) is 4. The van der Waals surface area contributed by atoms with Gasteiger partial charge in [-0.15, -0.1) is 0 Å². The smallest absolute Gasteiger partial charge is 0.265 e. The number of nitrogens with zero attached hydrogens (tertiary/aromatic N) is 1. The van der Waals surface area contributed by atoms with Gasteiger partial charge in [0.15, 0.2) is 0 Å². The normalized spacial score (nSPS) is 11.4. The van der Waals surface area contributed by atoms with Gasteiger partial charge in [0.2, 0.25) is 5.91 Å². The molecular formula is C9H12N2O3S. The van der Waals surface area contributed by atoms with E-state index in [1.165, 1.54) is 24.5 Å². The van der Waals surface area contributed by atoms with Crippen molar-refractivity contribution in [3.63, 3.8) is 0 Å². The number of aromatic nitrogens is 1. The lowest BCUT2D eigenvalue weighted by atomic mass is 10.2. The Morgan fingerprint density at radius 2 is 2.13 bits per heavy atom. The van der Waals surface area contributed by atoms with Crippen molar-refractivity contribution in [3.05, 3.63) is 24.5 Å². The highest BCUT2D eigenvalue weighted by Gasteiger charge is 2.19. The molecule has 6 heteroatoms. The Balaban J connectivity index is 2.91. The maximum atomic E-state index is 11.6. The highest BCUT2D eigenvalue weighted by molar-refractivity contribution is 7.90. The van der Waals surface area contributed by atoms with E-state index in [2.05, 4.69) is 4.98 Å². The maximum absolute atomic E-state index is 11.6. The molecule has 0 aliphatic heterocycles. The van der Waals surface area contributed by atoms with Crippen LogP contribution in [0.2, 0.25) is 0 Å². The summed E-state index contributed by atoms with van der Waals surface area (Å²) in [4.78, 5) is 14.9. The van der Waals surface area contributed by atoms with E-state index in [0.717, 1.165) is 0 Å². The number of pyridine rings is 1. The van der Waals surface area contributed by atoms with Gasteiger partial charge in [-0.05, 0) is 12.1 Å². The largest absolute Gasteiger partial charge is 0.274 e. The number of amides is 1. The molecule has 0 unspecified atom stereocenters. The first-order chi connectivity index (χ1) is 6.93. The summed E-state index contributed by atoms with van der Waals surface area (Å²) in [5.74, 6) is -0.907. The predicted molar refractivity (Wildman–Crippen MR) is 54.4 cm³/mol. The lowest BCUT2D eigenvalue weighted by Crippen LogP contribution is -2.33. The zero-order chi connectivity index (χ0) is 11.5. The molecule has 0 atom stereocenters. The van der Waals surface area contributed by atoms with E-state index in [0.29, 0.717) is 0 Å². The van der Waals surface area contributed by atoms with Crippen LogP contribution in [0, 0.1) is 5.92 Å². The molecule has 1 aromatic heterocycles. The third-order valence-electron chi connectivity index (χ3n) is 1.70. The molecule has 1 aromatic rings. The third-order valence-corrected chi connectivity index (χ3v) is 3.04. The molecule has 0 fully saturated rings. The second-order valence-electron chi connectivity index (χ2n) is 3.31. The number of rotatable bonds is 3. The minimum absolute atomic E-state index is 0.0148. The summed E-state index contributed by atoms with van der Waals surface area (Å²) in [7, 11) is -3.77. The summed E-state index contributed by atoms with van der Waals surface area (Å²) < 4.78 is 25.1. The fourth-order valence-corrected chi connectivity index (χ4v) is 1.89. The lowest BCUT2D eigenvalue weighted by Gasteiger charge is -2.07. The average molecular weight is 228 g/mol. The van der Waals surface area contributed by atoms with E-state index >= 15 is 0 Å². The molecular weight excluding hydrogens is 216 g/mol. The van der Waals surface area contributed by atoms with Gasteiger partial charge in [-0.1, -0.05) is 13.8 Å². The Morgan fingerprint density at radius 3 is 2.60 bits per heavy atom. The van der Waals surface area contributed by atoms with Gasteiger partial charge in [0.05, 0.1) is 0 Å². The summed E-state index contributed by atoms with van der Waals surface area (Å²) in [6, 6.07) is 2.87. The Bertz CT molecular complexity index is 440. The quantitative estimate of drug-likeness (QED) is 0.819. The van der Waals surface area contributed by atoms with Gasteiger partial charge < -0.3 is 0 Å². The number of carbonyl (C=O) groups is 1. The van der Waals surface area contributed by atoms with Crippen LogP contribution in [-0.4, -0.2) is 19.3 Å². The monoisotopic (exact) mass is 228 g/mol. The first-order valence-electron chi connectivity index (χ1n) is 4.40. The van der Waals surface area contributed by atoms with Crippen molar-refractivity contribution < 1.29 is 13.2 Å². The highest BCUT2D eigenvalue weighted by atomic mass is 32.2. The van der Waals surface area contributed by atoms with E-state index < -0.39 is 15.9 Å². The molecule has 0 aromatic carbocycles. The predicted octanol–water partition coefficient (Wildman–Crippen LogP) is 0.542. The van der Waals surface area contributed by atoms with E-state index in [1.54, 1.807) is 13.8 Å². The summed E-state index contributed by atoms with van der Waals surface area (Å²) in [6.07, 6.45) is 2.65. The molecule has 0 saturated heterocycles. The van der Waals surface area contributed by atoms with E-state index in [9.17, 15) is 13.2 Å². The summed E-state index contributed by atoms with van der Waals surface area (Å²) in [6.45, 7) is 3.24. The van der Waals surface area contributed by atoms with Crippen LogP contribution in [0.4, 0.5) is 0 Å². The molecule has 0 radical (unpaired) electrons. The highest BCUT2D eigenvalue weighted by Crippen LogP contribution is 2.06. The van der Waals surface area contributed by atoms with Crippen molar-refractivity contribution in [1.82, 2.24) is 9.71 Å². The minimum atomic E-state index is -3.77. The maximum Gasteiger partial charge on any atom is 0.265 e. The van der Waals surface area contributed by atoms with Crippen molar-refractivity contribution in [2.24, 2.45) is 5.92 Å². The van der Waals surface area contributed by atoms with E-state index in [4.69, 9.17) is 0 Å². The standard InChI is InChI=1S/C9H12N2O3S/c1-7(2)9(12)11-15(13,14)8-4-3-5-10-6-8/h3-7H,1-2H3,(H,11,12). The third kappa shape index (κ3) is 3.02. The molecule has 1 heterocycles. The van der Waals surface area contributed by atoms with Crippen LogP contribution in [0.15, 0.2) is 29.4 Å². The molecule has 15 heavy (non-hydrogen) atoms. The van der Waals surface area contributed by atoms with Gasteiger partial charge >= 0.3 is 0 Å². The molecule has 0 saturated carbocycles. The molecule has 0 aliphatic rings. The van der Waals surface area contributed by atoms with Gasteiger partial charge in [0, 0.05) is 18.3 Å². The Kier molecular flexibility index (Phi) is 3.41. The molecule has 1 N–H and O–H groups in total. The van der Waals surface area contributed by atoms with Crippen LogP contribution in [0.1, 0.15) is 13.8 Å². The van der Waals surface area contributed by atoms with Gasteiger partial charge in [-0.2, -0.15) is 0 Å². The van der Waals surface area contributed by atoms with Crippen LogP contribution in [0.3, 0.4) is 0 Å².